The van der Waals surface area contributed by atoms with Crippen molar-refractivity contribution in [1.82, 2.24) is 19.7 Å². The highest BCUT2D eigenvalue weighted by Gasteiger charge is 2.10. The van der Waals surface area contributed by atoms with Crippen LogP contribution in [0.3, 0.4) is 0 Å². The Morgan fingerprint density at radius 3 is 2.71 bits per heavy atom. The number of nitrogens with zero attached hydrogens (tertiary/aromatic N) is 4. The highest BCUT2D eigenvalue weighted by Crippen LogP contribution is 2.19. The Bertz CT molecular complexity index is 471. The van der Waals surface area contributed by atoms with E-state index in [9.17, 15) is 0 Å². The van der Waals surface area contributed by atoms with Gasteiger partial charge in [0.1, 0.15) is 11.6 Å². The molecule has 14 heavy (non-hydrogen) atoms. The zero-order chi connectivity index (χ0) is 10.3. The van der Waals surface area contributed by atoms with Gasteiger partial charge in [0.2, 0.25) is 0 Å². The van der Waals surface area contributed by atoms with Gasteiger partial charge in [-0.05, 0) is 20.8 Å². The van der Waals surface area contributed by atoms with Crippen molar-refractivity contribution in [2.45, 2.75) is 26.8 Å². The molecule has 0 fully saturated rings. The van der Waals surface area contributed by atoms with E-state index < -0.39 is 0 Å². The van der Waals surface area contributed by atoms with Crippen LogP contribution in [0.25, 0.3) is 11.0 Å². The lowest BCUT2D eigenvalue weighted by Gasteiger charge is -2.06. The van der Waals surface area contributed by atoms with Crippen molar-refractivity contribution in [1.29, 1.82) is 0 Å². The Balaban J connectivity index is 2.78. The molecule has 2 aromatic heterocycles. The van der Waals surface area contributed by atoms with Gasteiger partial charge in [0.25, 0.3) is 0 Å². The van der Waals surface area contributed by atoms with Crippen molar-refractivity contribution < 1.29 is 0 Å². The fourth-order valence-corrected chi connectivity index (χ4v) is 1.44. The van der Waals surface area contributed by atoms with E-state index in [1.165, 1.54) is 0 Å². The first-order chi connectivity index (χ1) is 6.59. The van der Waals surface area contributed by atoms with Crippen LogP contribution in [0.15, 0.2) is 6.20 Å². The lowest BCUT2D eigenvalue weighted by molar-refractivity contribution is 0.546. The Morgan fingerprint density at radius 1 is 1.36 bits per heavy atom. The molecular formula is C9H13N5. The molecule has 0 aliphatic carbocycles. The second kappa shape index (κ2) is 2.94. The summed E-state index contributed by atoms with van der Waals surface area (Å²) in [5.41, 5.74) is 6.58. The molecule has 0 spiro atoms. The van der Waals surface area contributed by atoms with E-state index in [-0.39, 0.29) is 6.04 Å². The van der Waals surface area contributed by atoms with Crippen molar-refractivity contribution in [3.63, 3.8) is 0 Å². The predicted molar refractivity (Wildman–Crippen MR) is 54.9 cm³/mol. The van der Waals surface area contributed by atoms with Gasteiger partial charge in [-0.25, -0.2) is 14.6 Å². The van der Waals surface area contributed by atoms with E-state index in [1.54, 1.807) is 6.20 Å². The molecule has 0 aliphatic heterocycles. The summed E-state index contributed by atoms with van der Waals surface area (Å²) in [6.07, 6.45) is 1.71. The van der Waals surface area contributed by atoms with Crippen LogP contribution in [0, 0.1) is 6.92 Å². The zero-order valence-electron chi connectivity index (χ0n) is 8.52. The molecule has 0 aliphatic rings. The fourth-order valence-electron chi connectivity index (χ4n) is 1.44. The highest BCUT2D eigenvalue weighted by molar-refractivity contribution is 5.85. The zero-order valence-corrected chi connectivity index (χ0v) is 8.52. The molecule has 2 N–H and O–H groups in total. The standard InChI is InChI=1S/C9H13N5/c1-5(2)14-9-7(4-11-14)8(10)12-6(3)13-9/h4-5H,1-3H3,(H2,10,12,13). The van der Waals surface area contributed by atoms with Gasteiger partial charge in [-0.1, -0.05) is 0 Å². The van der Waals surface area contributed by atoms with Crippen LogP contribution in [0.1, 0.15) is 25.7 Å². The summed E-state index contributed by atoms with van der Waals surface area (Å²) in [5, 5.41) is 5.05. The second-order valence-electron chi connectivity index (χ2n) is 3.58. The summed E-state index contributed by atoms with van der Waals surface area (Å²) in [6, 6.07) is 0.279. The molecule has 0 saturated heterocycles. The monoisotopic (exact) mass is 191 g/mol. The topological polar surface area (TPSA) is 69.6 Å². The number of fused-ring (bicyclic) bond motifs is 1. The molecular weight excluding hydrogens is 178 g/mol. The summed E-state index contributed by atoms with van der Waals surface area (Å²) in [6.45, 7) is 5.94. The SMILES string of the molecule is Cc1nc(N)c2cnn(C(C)C)c2n1. The van der Waals surface area contributed by atoms with Crippen LogP contribution in [-0.2, 0) is 0 Å². The molecule has 5 heteroatoms. The minimum absolute atomic E-state index is 0.279. The molecule has 74 valence electrons. The number of nitrogens with two attached hydrogens (primary N) is 1. The second-order valence-corrected chi connectivity index (χ2v) is 3.58. The summed E-state index contributed by atoms with van der Waals surface area (Å²) >= 11 is 0. The number of rotatable bonds is 1. The summed E-state index contributed by atoms with van der Waals surface area (Å²) < 4.78 is 1.85. The number of aryl methyl sites for hydroxylation is 1. The third-order valence-corrected chi connectivity index (χ3v) is 2.08. The normalized spacial score (nSPS) is 11.4. The van der Waals surface area contributed by atoms with Gasteiger partial charge >= 0.3 is 0 Å². The molecule has 2 rings (SSSR count). The van der Waals surface area contributed by atoms with Gasteiger partial charge in [-0.2, -0.15) is 5.10 Å². The average molecular weight is 191 g/mol. The average Bonchev–Trinajstić information content (AvgIpc) is 2.47. The van der Waals surface area contributed by atoms with E-state index >= 15 is 0 Å². The molecule has 2 aromatic rings. The number of hydrogen-bond acceptors (Lipinski definition) is 4. The lowest BCUT2D eigenvalue weighted by Crippen LogP contribution is -2.05. The third kappa shape index (κ3) is 1.21. The van der Waals surface area contributed by atoms with Crippen molar-refractivity contribution in [2.75, 3.05) is 5.73 Å². The van der Waals surface area contributed by atoms with Gasteiger partial charge < -0.3 is 5.73 Å². The van der Waals surface area contributed by atoms with Crippen LogP contribution < -0.4 is 5.73 Å². The van der Waals surface area contributed by atoms with Gasteiger partial charge in [0.05, 0.1) is 11.6 Å². The first-order valence-electron chi connectivity index (χ1n) is 4.57. The molecule has 0 atom stereocenters. The predicted octanol–water partition coefficient (Wildman–Crippen LogP) is 1.30. The first-order valence-corrected chi connectivity index (χ1v) is 4.57. The molecule has 0 unspecified atom stereocenters. The highest BCUT2D eigenvalue weighted by atomic mass is 15.3. The summed E-state index contributed by atoms with van der Waals surface area (Å²) in [7, 11) is 0. The smallest absolute Gasteiger partial charge is 0.163 e. The largest absolute Gasteiger partial charge is 0.383 e. The third-order valence-electron chi connectivity index (χ3n) is 2.08. The first kappa shape index (κ1) is 8.93. The van der Waals surface area contributed by atoms with Crippen LogP contribution in [0.5, 0.6) is 0 Å². The molecule has 0 amide bonds. The quantitative estimate of drug-likeness (QED) is 0.737. The fraction of sp³-hybridized carbons (Fsp3) is 0.444. The maximum atomic E-state index is 5.77. The van der Waals surface area contributed by atoms with Gasteiger partial charge in [-0.15, -0.1) is 0 Å². The van der Waals surface area contributed by atoms with E-state index in [0.29, 0.717) is 11.6 Å². The van der Waals surface area contributed by atoms with Crippen LogP contribution in [-0.4, -0.2) is 19.7 Å². The Hall–Kier alpha value is -1.65. The molecule has 2 heterocycles. The van der Waals surface area contributed by atoms with Crippen LogP contribution in [0.2, 0.25) is 0 Å². The number of aromatic nitrogens is 4. The van der Waals surface area contributed by atoms with E-state index in [1.807, 2.05) is 11.6 Å². The molecule has 0 radical (unpaired) electrons. The van der Waals surface area contributed by atoms with Crippen molar-refractivity contribution in [3.05, 3.63) is 12.0 Å². The van der Waals surface area contributed by atoms with E-state index in [2.05, 4.69) is 28.9 Å². The van der Waals surface area contributed by atoms with Gasteiger partial charge in [-0.3, -0.25) is 0 Å². The Labute approximate surface area is 82.0 Å². The van der Waals surface area contributed by atoms with Gasteiger partial charge in [0.15, 0.2) is 5.65 Å². The van der Waals surface area contributed by atoms with Crippen LogP contribution >= 0.6 is 0 Å². The summed E-state index contributed by atoms with van der Waals surface area (Å²) in [4.78, 5) is 8.41. The number of hydrogen-bond donors (Lipinski definition) is 1. The summed E-state index contributed by atoms with van der Waals surface area (Å²) in [5.74, 6) is 1.18. The van der Waals surface area contributed by atoms with Gasteiger partial charge in [0, 0.05) is 6.04 Å². The number of nitrogen functional groups attached to an aromatic ring is 1. The lowest BCUT2D eigenvalue weighted by atomic mass is 10.3. The Kier molecular flexibility index (Phi) is 1.87. The molecule has 5 nitrogen and oxygen atoms in total. The van der Waals surface area contributed by atoms with E-state index in [4.69, 9.17) is 5.73 Å². The van der Waals surface area contributed by atoms with Crippen molar-refractivity contribution in [2.24, 2.45) is 0 Å². The number of anilines is 1. The maximum absolute atomic E-state index is 5.77. The maximum Gasteiger partial charge on any atom is 0.163 e. The van der Waals surface area contributed by atoms with Crippen molar-refractivity contribution >= 4 is 16.9 Å². The van der Waals surface area contributed by atoms with Crippen LogP contribution in [0.4, 0.5) is 5.82 Å². The molecule has 0 aromatic carbocycles. The Morgan fingerprint density at radius 2 is 2.07 bits per heavy atom. The van der Waals surface area contributed by atoms with Crippen molar-refractivity contribution in [3.8, 4) is 0 Å². The molecule has 0 bridgehead atoms. The molecule has 0 saturated carbocycles. The minimum atomic E-state index is 0.279. The minimum Gasteiger partial charge on any atom is -0.383 e. The van der Waals surface area contributed by atoms with E-state index in [0.717, 1.165) is 11.0 Å².